The van der Waals surface area contributed by atoms with E-state index in [0.717, 1.165) is 18.8 Å². The number of amides is 1. The Morgan fingerprint density at radius 2 is 2.00 bits per heavy atom. The third kappa shape index (κ3) is 3.40. The van der Waals surface area contributed by atoms with Gasteiger partial charge in [-0.25, -0.2) is 0 Å². The molecule has 0 radical (unpaired) electrons. The summed E-state index contributed by atoms with van der Waals surface area (Å²) in [5.41, 5.74) is 0.522. The predicted octanol–water partition coefficient (Wildman–Crippen LogP) is 2.71. The standard InChI is InChI=1S/C15H21NO3/c1-10-3-6-12(7-4-10)16-15(18)11-5-8-13(17)14(9-11)19-2/h5,8-10,12,17H,3-4,6-7H2,1-2H3,(H,16,18)/t10-,12-. The molecule has 0 atom stereocenters. The molecule has 2 rings (SSSR count). The number of carbonyl (C=O) groups excluding carboxylic acids is 1. The lowest BCUT2D eigenvalue weighted by Gasteiger charge is -2.26. The van der Waals surface area contributed by atoms with Crippen LogP contribution in [0.1, 0.15) is 43.0 Å². The fourth-order valence-electron chi connectivity index (χ4n) is 2.49. The summed E-state index contributed by atoms with van der Waals surface area (Å²) in [6.45, 7) is 2.25. The van der Waals surface area contributed by atoms with Gasteiger partial charge in [-0.3, -0.25) is 4.79 Å². The van der Waals surface area contributed by atoms with Gasteiger partial charge in [0.25, 0.3) is 5.91 Å². The molecule has 0 aliphatic heterocycles. The van der Waals surface area contributed by atoms with Gasteiger partial charge in [0, 0.05) is 11.6 Å². The van der Waals surface area contributed by atoms with E-state index in [9.17, 15) is 9.90 Å². The summed E-state index contributed by atoms with van der Waals surface area (Å²) in [4.78, 5) is 12.1. The number of carbonyl (C=O) groups is 1. The van der Waals surface area contributed by atoms with Crippen molar-refractivity contribution in [1.29, 1.82) is 0 Å². The number of hydrogen-bond acceptors (Lipinski definition) is 3. The van der Waals surface area contributed by atoms with Crippen LogP contribution in [0, 0.1) is 5.92 Å². The maximum Gasteiger partial charge on any atom is 0.251 e. The van der Waals surface area contributed by atoms with E-state index in [0.29, 0.717) is 11.3 Å². The summed E-state index contributed by atoms with van der Waals surface area (Å²) < 4.78 is 5.01. The van der Waals surface area contributed by atoms with E-state index in [1.807, 2.05) is 0 Å². The fraction of sp³-hybridized carbons (Fsp3) is 0.533. The van der Waals surface area contributed by atoms with Gasteiger partial charge in [0.15, 0.2) is 11.5 Å². The van der Waals surface area contributed by atoms with Crippen LogP contribution in [0.5, 0.6) is 11.5 Å². The molecule has 1 fully saturated rings. The molecule has 1 aliphatic carbocycles. The van der Waals surface area contributed by atoms with E-state index in [1.54, 1.807) is 12.1 Å². The van der Waals surface area contributed by atoms with Crippen molar-refractivity contribution in [1.82, 2.24) is 5.32 Å². The zero-order valence-corrected chi connectivity index (χ0v) is 11.5. The van der Waals surface area contributed by atoms with Gasteiger partial charge < -0.3 is 15.2 Å². The van der Waals surface area contributed by atoms with Crippen molar-refractivity contribution < 1.29 is 14.6 Å². The molecule has 0 saturated heterocycles. The first-order chi connectivity index (χ1) is 9.10. The Bertz CT molecular complexity index is 451. The molecule has 4 nitrogen and oxygen atoms in total. The lowest BCUT2D eigenvalue weighted by molar-refractivity contribution is 0.0922. The number of phenolic OH excluding ortho intramolecular Hbond substituents is 1. The molecule has 0 heterocycles. The van der Waals surface area contributed by atoms with E-state index in [4.69, 9.17) is 4.74 Å². The number of benzene rings is 1. The second kappa shape index (κ2) is 5.95. The molecule has 0 unspecified atom stereocenters. The maximum atomic E-state index is 12.1. The molecule has 0 spiro atoms. The van der Waals surface area contributed by atoms with Crippen molar-refractivity contribution in [3.05, 3.63) is 23.8 Å². The van der Waals surface area contributed by atoms with Gasteiger partial charge in [0.05, 0.1) is 7.11 Å². The van der Waals surface area contributed by atoms with Crippen molar-refractivity contribution in [3.63, 3.8) is 0 Å². The summed E-state index contributed by atoms with van der Waals surface area (Å²) in [5, 5.41) is 12.6. The molecule has 4 heteroatoms. The van der Waals surface area contributed by atoms with Crippen molar-refractivity contribution in [2.24, 2.45) is 5.92 Å². The molecular weight excluding hydrogens is 242 g/mol. The summed E-state index contributed by atoms with van der Waals surface area (Å²) in [7, 11) is 1.47. The van der Waals surface area contributed by atoms with Gasteiger partial charge in [-0.15, -0.1) is 0 Å². The van der Waals surface area contributed by atoms with Crippen LogP contribution in [0.3, 0.4) is 0 Å². The highest BCUT2D eigenvalue weighted by atomic mass is 16.5. The molecule has 1 aromatic rings. The summed E-state index contributed by atoms with van der Waals surface area (Å²) in [5.74, 6) is 1.04. The van der Waals surface area contributed by atoms with E-state index >= 15 is 0 Å². The van der Waals surface area contributed by atoms with Crippen LogP contribution >= 0.6 is 0 Å². The van der Waals surface area contributed by atoms with Crippen LogP contribution in [0.2, 0.25) is 0 Å². The summed E-state index contributed by atoms with van der Waals surface area (Å²) in [6, 6.07) is 4.93. The van der Waals surface area contributed by atoms with Crippen LogP contribution in [0.25, 0.3) is 0 Å². The van der Waals surface area contributed by atoms with Crippen molar-refractivity contribution >= 4 is 5.91 Å². The lowest BCUT2D eigenvalue weighted by Crippen LogP contribution is -2.37. The molecule has 19 heavy (non-hydrogen) atoms. The topological polar surface area (TPSA) is 58.6 Å². The molecule has 0 bridgehead atoms. The monoisotopic (exact) mass is 263 g/mol. The number of phenols is 1. The number of ether oxygens (including phenoxy) is 1. The van der Waals surface area contributed by atoms with Gasteiger partial charge in [-0.1, -0.05) is 6.92 Å². The first-order valence-corrected chi connectivity index (χ1v) is 6.78. The molecule has 0 aromatic heterocycles. The van der Waals surface area contributed by atoms with E-state index in [1.165, 1.54) is 26.0 Å². The fourth-order valence-corrected chi connectivity index (χ4v) is 2.49. The minimum Gasteiger partial charge on any atom is -0.504 e. The molecular formula is C15H21NO3. The number of hydrogen-bond donors (Lipinski definition) is 2. The van der Waals surface area contributed by atoms with Crippen molar-refractivity contribution in [3.8, 4) is 11.5 Å². The van der Waals surface area contributed by atoms with E-state index in [2.05, 4.69) is 12.2 Å². The van der Waals surface area contributed by atoms with Gasteiger partial charge in [0.1, 0.15) is 0 Å². The number of rotatable bonds is 3. The summed E-state index contributed by atoms with van der Waals surface area (Å²) >= 11 is 0. The van der Waals surface area contributed by atoms with Gasteiger partial charge in [0.2, 0.25) is 0 Å². The Balaban J connectivity index is 2.00. The van der Waals surface area contributed by atoms with Crippen LogP contribution in [-0.2, 0) is 0 Å². The highest BCUT2D eigenvalue weighted by Crippen LogP contribution is 2.27. The molecule has 1 amide bonds. The highest BCUT2D eigenvalue weighted by molar-refractivity contribution is 5.95. The Kier molecular flexibility index (Phi) is 4.30. The highest BCUT2D eigenvalue weighted by Gasteiger charge is 2.20. The van der Waals surface area contributed by atoms with Crippen molar-refractivity contribution in [2.45, 2.75) is 38.6 Å². The molecule has 1 aliphatic rings. The van der Waals surface area contributed by atoms with Crippen molar-refractivity contribution in [2.75, 3.05) is 7.11 Å². The van der Waals surface area contributed by atoms with Gasteiger partial charge >= 0.3 is 0 Å². The molecule has 2 N–H and O–H groups in total. The Morgan fingerprint density at radius 1 is 1.32 bits per heavy atom. The Hall–Kier alpha value is -1.71. The predicted molar refractivity (Wildman–Crippen MR) is 73.5 cm³/mol. The Morgan fingerprint density at radius 3 is 2.63 bits per heavy atom. The summed E-state index contributed by atoms with van der Waals surface area (Å²) in [6.07, 6.45) is 4.43. The zero-order chi connectivity index (χ0) is 13.8. The second-order valence-electron chi connectivity index (χ2n) is 5.32. The quantitative estimate of drug-likeness (QED) is 0.881. The molecule has 104 valence electrons. The average molecular weight is 263 g/mol. The third-order valence-corrected chi connectivity index (χ3v) is 3.79. The SMILES string of the molecule is COc1cc(C(=O)N[C@H]2CC[C@H](C)CC2)ccc1O. The normalized spacial score (nSPS) is 22.8. The second-order valence-corrected chi connectivity index (χ2v) is 5.32. The number of nitrogens with one attached hydrogen (secondary N) is 1. The minimum absolute atomic E-state index is 0.0468. The van der Waals surface area contributed by atoms with Crippen LogP contribution < -0.4 is 10.1 Å². The maximum absolute atomic E-state index is 12.1. The van der Waals surface area contributed by atoms with Gasteiger partial charge in [-0.05, 0) is 49.8 Å². The van der Waals surface area contributed by atoms with Crippen LogP contribution in [0.4, 0.5) is 0 Å². The molecule has 1 aromatic carbocycles. The smallest absolute Gasteiger partial charge is 0.251 e. The first-order valence-electron chi connectivity index (χ1n) is 6.78. The van der Waals surface area contributed by atoms with E-state index < -0.39 is 0 Å². The zero-order valence-electron chi connectivity index (χ0n) is 11.5. The lowest BCUT2D eigenvalue weighted by atomic mass is 9.87. The van der Waals surface area contributed by atoms with Gasteiger partial charge in [-0.2, -0.15) is 0 Å². The molecule has 1 saturated carbocycles. The first kappa shape index (κ1) is 13.7. The van der Waals surface area contributed by atoms with Crippen LogP contribution in [-0.4, -0.2) is 24.2 Å². The van der Waals surface area contributed by atoms with Crippen LogP contribution in [0.15, 0.2) is 18.2 Å². The average Bonchev–Trinajstić information content (AvgIpc) is 2.42. The minimum atomic E-state index is -0.0992. The number of methoxy groups -OCH3 is 1. The van der Waals surface area contributed by atoms with E-state index in [-0.39, 0.29) is 17.7 Å². The third-order valence-electron chi connectivity index (χ3n) is 3.79. The number of aromatic hydroxyl groups is 1. The largest absolute Gasteiger partial charge is 0.504 e. The Labute approximate surface area is 113 Å².